The van der Waals surface area contributed by atoms with Crippen LogP contribution in [0.3, 0.4) is 0 Å². The van der Waals surface area contributed by atoms with E-state index in [9.17, 15) is 0 Å². The summed E-state index contributed by atoms with van der Waals surface area (Å²) < 4.78 is 11.1. The van der Waals surface area contributed by atoms with Crippen LogP contribution in [-0.4, -0.2) is 42.4 Å². The summed E-state index contributed by atoms with van der Waals surface area (Å²) in [4.78, 5) is 11.3. The molecule has 0 spiro atoms. The first-order valence-corrected chi connectivity index (χ1v) is 8.32. The van der Waals surface area contributed by atoms with Gasteiger partial charge in [0.25, 0.3) is 0 Å². The van der Waals surface area contributed by atoms with Crippen molar-refractivity contribution in [2.75, 3.05) is 36.5 Å². The van der Waals surface area contributed by atoms with Gasteiger partial charge in [-0.2, -0.15) is 0 Å². The van der Waals surface area contributed by atoms with Gasteiger partial charge in [0.2, 0.25) is 0 Å². The molecule has 24 heavy (non-hydrogen) atoms. The summed E-state index contributed by atoms with van der Waals surface area (Å²) in [7, 11) is 0. The lowest BCUT2D eigenvalue weighted by molar-refractivity contribution is 0.122. The van der Waals surface area contributed by atoms with Crippen molar-refractivity contribution in [1.82, 2.24) is 9.97 Å². The second kappa shape index (κ2) is 7.49. The molecule has 1 aliphatic rings. The van der Waals surface area contributed by atoms with Gasteiger partial charge >= 0.3 is 0 Å². The molecular weight excluding hydrogens is 304 g/mol. The van der Waals surface area contributed by atoms with Crippen molar-refractivity contribution in [3.05, 3.63) is 36.2 Å². The Morgan fingerprint density at radius 2 is 1.83 bits per heavy atom. The predicted octanol–water partition coefficient (Wildman–Crippen LogP) is 3.15. The molecule has 0 radical (unpaired) electrons. The van der Waals surface area contributed by atoms with Crippen molar-refractivity contribution in [2.45, 2.75) is 26.9 Å². The average Bonchev–Trinajstić information content (AvgIpc) is 2.56. The fraction of sp³-hybridized carbons (Fsp3) is 0.444. The van der Waals surface area contributed by atoms with Crippen LogP contribution in [0.4, 0.5) is 17.3 Å². The zero-order valence-corrected chi connectivity index (χ0v) is 14.5. The monoisotopic (exact) mass is 328 g/mol. The fourth-order valence-corrected chi connectivity index (χ4v) is 2.61. The lowest BCUT2D eigenvalue weighted by atomic mass is 10.3. The van der Waals surface area contributed by atoms with E-state index in [2.05, 4.69) is 20.2 Å². The lowest BCUT2D eigenvalue weighted by Gasteiger charge is -2.28. The molecule has 6 nitrogen and oxygen atoms in total. The summed E-state index contributed by atoms with van der Waals surface area (Å²) in [5.74, 6) is 3.35. The molecule has 0 aliphatic carbocycles. The van der Waals surface area contributed by atoms with Crippen LogP contribution in [0.25, 0.3) is 0 Å². The highest BCUT2D eigenvalue weighted by Crippen LogP contribution is 2.22. The molecule has 1 aliphatic heterocycles. The Hall–Kier alpha value is -2.34. The van der Waals surface area contributed by atoms with E-state index in [-0.39, 0.29) is 6.10 Å². The summed E-state index contributed by atoms with van der Waals surface area (Å²) in [5, 5.41) is 3.34. The molecule has 2 heterocycles. The normalized spacial score (nSPS) is 14.8. The molecule has 1 N–H and O–H groups in total. The highest BCUT2D eigenvalue weighted by atomic mass is 16.5. The number of nitrogens with one attached hydrogen (secondary N) is 1. The van der Waals surface area contributed by atoms with Crippen molar-refractivity contribution in [2.24, 2.45) is 0 Å². The van der Waals surface area contributed by atoms with Gasteiger partial charge < -0.3 is 19.7 Å². The van der Waals surface area contributed by atoms with Crippen LogP contribution < -0.4 is 15.0 Å². The molecule has 0 unspecified atom stereocenters. The first-order valence-electron chi connectivity index (χ1n) is 8.32. The summed E-state index contributed by atoms with van der Waals surface area (Å²) >= 11 is 0. The van der Waals surface area contributed by atoms with Crippen LogP contribution in [0.2, 0.25) is 0 Å². The Balaban J connectivity index is 1.73. The number of hydrogen-bond donors (Lipinski definition) is 1. The average molecular weight is 328 g/mol. The predicted molar refractivity (Wildman–Crippen MR) is 95.3 cm³/mol. The minimum atomic E-state index is 0.171. The van der Waals surface area contributed by atoms with Gasteiger partial charge in [-0.25, -0.2) is 9.97 Å². The molecule has 0 atom stereocenters. The zero-order valence-electron chi connectivity index (χ0n) is 14.5. The number of hydrogen-bond acceptors (Lipinski definition) is 6. The first-order chi connectivity index (χ1) is 11.6. The third-order valence-corrected chi connectivity index (χ3v) is 3.66. The molecule has 1 aromatic carbocycles. The van der Waals surface area contributed by atoms with Gasteiger partial charge in [0, 0.05) is 24.8 Å². The van der Waals surface area contributed by atoms with E-state index >= 15 is 0 Å². The number of aromatic nitrogens is 2. The SMILES string of the molecule is Cc1nc(Nc2ccc(OC(C)C)cc2)cc(N2CCOCC2)n1. The summed E-state index contributed by atoms with van der Waals surface area (Å²) in [6.07, 6.45) is 0.171. The molecule has 128 valence electrons. The van der Waals surface area contributed by atoms with E-state index in [0.29, 0.717) is 0 Å². The minimum Gasteiger partial charge on any atom is -0.491 e. The maximum Gasteiger partial charge on any atom is 0.136 e. The Kier molecular flexibility index (Phi) is 5.15. The van der Waals surface area contributed by atoms with E-state index in [1.807, 2.05) is 51.1 Å². The maximum atomic E-state index is 5.67. The van der Waals surface area contributed by atoms with Gasteiger partial charge in [0.05, 0.1) is 19.3 Å². The second-order valence-corrected chi connectivity index (χ2v) is 6.07. The van der Waals surface area contributed by atoms with Crippen LogP contribution in [0.5, 0.6) is 5.75 Å². The van der Waals surface area contributed by atoms with Gasteiger partial charge in [-0.05, 0) is 45.0 Å². The highest BCUT2D eigenvalue weighted by Gasteiger charge is 2.14. The standard InChI is InChI=1S/C18H24N4O2/c1-13(2)24-16-6-4-15(5-7-16)21-17-12-18(20-14(3)19-17)22-8-10-23-11-9-22/h4-7,12-13H,8-11H2,1-3H3,(H,19,20,21). The van der Waals surface area contributed by atoms with Crippen molar-refractivity contribution >= 4 is 17.3 Å². The minimum absolute atomic E-state index is 0.171. The van der Waals surface area contributed by atoms with Crippen molar-refractivity contribution in [1.29, 1.82) is 0 Å². The lowest BCUT2D eigenvalue weighted by Crippen LogP contribution is -2.36. The molecule has 3 rings (SSSR count). The van der Waals surface area contributed by atoms with E-state index in [0.717, 1.165) is 55.2 Å². The number of rotatable bonds is 5. The van der Waals surface area contributed by atoms with Gasteiger partial charge in [-0.1, -0.05) is 0 Å². The molecule has 6 heteroatoms. The van der Waals surface area contributed by atoms with Crippen molar-refractivity contribution in [3.8, 4) is 5.75 Å². The zero-order chi connectivity index (χ0) is 16.9. The molecule has 1 saturated heterocycles. The highest BCUT2D eigenvalue weighted by molar-refractivity contribution is 5.60. The first kappa shape index (κ1) is 16.5. The van der Waals surface area contributed by atoms with Gasteiger partial charge in [0.1, 0.15) is 23.2 Å². The van der Waals surface area contributed by atoms with Crippen LogP contribution >= 0.6 is 0 Å². The number of morpholine rings is 1. The largest absolute Gasteiger partial charge is 0.491 e. The Morgan fingerprint density at radius 1 is 1.12 bits per heavy atom. The van der Waals surface area contributed by atoms with Crippen molar-refractivity contribution < 1.29 is 9.47 Å². The number of ether oxygens (including phenoxy) is 2. The summed E-state index contributed by atoms with van der Waals surface area (Å²) in [6.45, 7) is 9.14. The molecule has 0 amide bonds. The third-order valence-electron chi connectivity index (χ3n) is 3.66. The number of nitrogens with zero attached hydrogens (tertiary/aromatic N) is 3. The Labute approximate surface area is 142 Å². The van der Waals surface area contributed by atoms with E-state index in [1.165, 1.54) is 0 Å². The van der Waals surface area contributed by atoms with E-state index < -0.39 is 0 Å². The number of benzene rings is 1. The molecule has 1 fully saturated rings. The fourth-order valence-electron chi connectivity index (χ4n) is 2.61. The van der Waals surface area contributed by atoms with E-state index in [4.69, 9.17) is 9.47 Å². The van der Waals surface area contributed by atoms with Crippen molar-refractivity contribution in [3.63, 3.8) is 0 Å². The Bertz CT molecular complexity index is 667. The summed E-state index contributed by atoms with van der Waals surface area (Å²) in [5.41, 5.74) is 0.970. The summed E-state index contributed by atoms with van der Waals surface area (Å²) in [6, 6.07) is 9.88. The van der Waals surface area contributed by atoms with Gasteiger partial charge in [0.15, 0.2) is 0 Å². The molecule has 2 aromatic rings. The Morgan fingerprint density at radius 3 is 2.50 bits per heavy atom. The number of aryl methyl sites for hydroxylation is 1. The van der Waals surface area contributed by atoms with Crippen LogP contribution in [0, 0.1) is 6.92 Å². The molecular formula is C18H24N4O2. The molecule has 0 saturated carbocycles. The van der Waals surface area contributed by atoms with Crippen LogP contribution in [0.1, 0.15) is 19.7 Å². The smallest absolute Gasteiger partial charge is 0.136 e. The van der Waals surface area contributed by atoms with Gasteiger partial charge in [-0.3, -0.25) is 0 Å². The van der Waals surface area contributed by atoms with E-state index in [1.54, 1.807) is 0 Å². The maximum absolute atomic E-state index is 5.67. The third kappa shape index (κ3) is 4.35. The topological polar surface area (TPSA) is 59.5 Å². The van der Waals surface area contributed by atoms with Crippen LogP contribution in [0.15, 0.2) is 30.3 Å². The second-order valence-electron chi connectivity index (χ2n) is 6.07. The molecule has 0 bridgehead atoms. The molecule has 1 aromatic heterocycles. The number of anilines is 3. The van der Waals surface area contributed by atoms with Crippen LogP contribution in [-0.2, 0) is 4.74 Å². The van der Waals surface area contributed by atoms with Gasteiger partial charge in [-0.15, -0.1) is 0 Å². The quantitative estimate of drug-likeness (QED) is 0.910.